The molecular weight excluding hydrogens is 373 g/mol. The van der Waals surface area contributed by atoms with Crippen molar-refractivity contribution < 1.29 is 18.0 Å². The molecule has 0 radical (unpaired) electrons. The van der Waals surface area contributed by atoms with E-state index in [-0.39, 0.29) is 36.3 Å². The van der Waals surface area contributed by atoms with Crippen LogP contribution in [0.15, 0.2) is 18.5 Å². The molecule has 3 rings (SSSR count). The summed E-state index contributed by atoms with van der Waals surface area (Å²) in [5.74, 6) is -0.514. The Morgan fingerprint density at radius 1 is 1.42 bits per heavy atom. The minimum absolute atomic E-state index is 0. The van der Waals surface area contributed by atoms with Gasteiger partial charge in [0.05, 0.1) is 6.04 Å². The van der Waals surface area contributed by atoms with Crippen LogP contribution in [0.25, 0.3) is 0 Å². The Balaban J connectivity index is 0.00000243. The maximum absolute atomic E-state index is 12.9. The van der Waals surface area contributed by atoms with Crippen molar-refractivity contribution in [2.75, 3.05) is 13.1 Å². The first-order chi connectivity index (χ1) is 11.8. The SMILES string of the molecule is Cl.Cn1cc(CNC(=O)c2ccn(C3CCCNC3)n2)c(C(F)(F)F)n1. The van der Waals surface area contributed by atoms with Crippen LogP contribution in [-0.2, 0) is 19.8 Å². The fourth-order valence-corrected chi connectivity index (χ4v) is 2.89. The highest BCUT2D eigenvalue weighted by atomic mass is 35.5. The Bertz CT molecular complexity index is 751. The summed E-state index contributed by atoms with van der Waals surface area (Å²) in [6.45, 7) is 1.49. The fraction of sp³-hybridized carbons (Fsp3) is 0.533. The zero-order chi connectivity index (χ0) is 18.0. The number of piperidine rings is 1. The first kappa shape index (κ1) is 20.2. The summed E-state index contributed by atoms with van der Waals surface area (Å²) in [4.78, 5) is 12.2. The number of halogens is 4. The molecule has 26 heavy (non-hydrogen) atoms. The number of aromatic nitrogens is 4. The van der Waals surface area contributed by atoms with E-state index in [1.807, 2.05) is 0 Å². The standard InChI is InChI=1S/C15H19F3N6O.ClH/c1-23-9-10(13(22-23)15(16,17)18)7-20-14(25)12-4-6-24(21-12)11-3-2-5-19-8-11;/h4,6,9,11,19H,2-3,5,7-8H2,1H3,(H,20,25);1H. The number of nitrogens with zero attached hydrogens (tertiary/aromatic N) is 4. The molecule has 1 saturated heterocycles. The highest BCUT2D eigenvalue weighted by Gasteiger charge is 2.36. The van der Waals surface area contributed by atoms with Gasteiger partial charge in [-0.05, 0) is 25.5 Å². The van der Waals surface area contributed by atoms with Gasteiger partial charge in [0.15, 0.2) is 5.69 Å². The highest BCUT2D eigenvalue weighted by molar-refractivity contribution is 5.92. The summed E-state index contributed by atoms with van der Waals surface area (Å²) in [7, 11) is 1.40. The van der Waals surface area contributed by atoms with Crippen LogP contribution in [0.2, 0.25) is 0 Å². The van der Waals surface area contributed by atoms with Gasteiger partial charge in [-0.1, -0.05) is 0 Å². The zero-order valence-electron chi connectivity index (χ0n) is 14.1. The lowest BCUT2D eigenvalue weighted by atomic mass is 10.1. The summed E-state index contributed by atoms with van der Waals surface area (Å²) in [5, 5.41) is 13.4. The van der Waals surface area contributed by atoms with Crippen LogP contribution in [0.1, 0.15) is 40.6 Å². The summed E-state index contributed by atoms with van der Waals surface area (Å²) < 4.78 is 41.5. The highest BCUT2D eigenvalue weighted by Crippen LogP contribution is 2.30. The number of amides is 1. The number of rotatable bonds is 4. The van der Waals surface area contributed by atoms with Crippen LogP contribution in [-0.4, -0.2) is 38.6 Å². The molecule has 1 unspecified atom stereocenters. The lowest BCUT2D eigenvalue weighted by Crippen LogP contribution is -2.32. The number of hydrogen-bond acceptors (Lipinski definition) is 4. The molecule has 1 amide bonds. The molecule has 0 saturated carbocycles. The van der Waals surface area contributed by atoms with Crippen LogP contribution in [0.5, 0.6) is 0 Å². The minimum Gasteiger partial charge on any atom is -0.346 e. The van der Waals surface area contributed by atoms with Crippen molar-refractivity contribution in [1.29, 1.82) is 0 Å². The second kappa shape index (κ2) is 8.09. The van der Waals surface area contributed by atoms with Crippen LogP contribution in [0.3, 0.4) is 0 Å². The third kappa shape index (κ3) is 4.55. The molecule has 1 atom stereocenters. The van der Waals surface area contributed by atoms with Crippen molar-refractivity contribution in [1.82, 2.24) is 30.2 Å². The monoisotopic (exact) mass is 392 g/mol. The van der Waals surface area contributed by atoms with Gasteiger partial charge in [0.2, 0.25) is 0 Å². The van der Waals surface area contributed by atoms with E-state index in [0.717, 1.165) is 30.6 Å². The van der Waals surface area contributed by atoms with Gasteiger partial charge in [0.1, 0.15) is 5.69 Å². The van der Waals surface area contributed by atoms with Crippen LogP contribution < -0.4 is 10.6 Å². The third-order valence-corrected chi connectivity index (χ3v) is 4.10. The predicted octanol–water partition coefficient (Wildman–Crippen LogP) is 1.91. The van der Waals surface area contributed by atoms with Crippen molar-refractivity contribution >= 4 is 18.3 Å². The molecule has 0 bridgehead atoms. The molecule has 0 aliphatic carbocycles. The summed E-state index contributed by atoms with van der Waals surface area (Å²) in [6, 6.07) is 1.75. The van der Waals surface area contributed by atoms with Gasteiger partial charge in [0, 0.05) is 38.1 Å². The summed E-state index contributed by atoms with van der Waals surface area (Å²) in [5.41, 5.74) is -0.892. The van der Waals surface area contributed by atoms with Gasteiger partial charge >= 0.3 is 6.18 Å². The average molecular weight is 393 g/mol. The first-order valence-electron chi connectivity index (χ1n) is 7.98. The van der Waals surface area contributed by atoms with E-state index in [0.29, 0.717) is 0 Å². The van der Waals surface area contributed by atoms with Crippen molar-refractivity contribution in [3.8, 4) is 0 Å². The van der Waals surface area contributed by atoms with Gasteiger partial charge in [-0.2, -0.15) is 23.4 Å². The number of hydrogen-bond donors (Lipinski definition) is 2. The van der Waals surface area contributed by atoms with Crippen molar-refractivity contribution in [2.45, 2.75) is 31.6 Å². The van der Waals surface area contributed by atoms with Crippen molar-refractivity contribution in [3.63, 3.8) is 0 Å². The van der Waals surface area contributed by atoms with E-state index in [2.05, 4.69) is 20.8 Å². The number of aryl methyl sites for hydroxylation is 1. The van der Waals surface area contributed by atoms with E-state index in [1.165, 1.54) is 13.2 Å². The predicted molar refractivity (Wildman–Crippen MR) is 90.0 cm³/mol. The molecule has 2 N–H and O–H groups in total. The van der Waals surface area contributed by atoms with Crippen LogP contribution in [0.4, 0.5) is 13.2 Å². The van der Waals surface area contributed by atoms with E-state index < -0.39 is 17.8 Å². The molecule has 1 aliphatic heterocycles. The average Bonchev–Trinajstić information content (AvgIpc) is 3.20. The lowest BCUT2D eigenvalue weighted by molar-refractivity contribution is -0.142. The molecule has 7 nitrogen and oxygen atoms in total. The molecule has 2 aromatic heterocycles. The second-order valence-corrected chi connectivity index (χ2v) is 6.04. The number of nitrogens with one attached hydrogen (secondary N) is 2. The fourth-order valence-electron chi connectivity index (χ4n) is 2.89. The van der Waals surface area contributed by atoms with E-state index in [4.69, 9.17) is 0 Å². The third-order valence-electron chi connectivity index (χ3n) is 4.10. The molecule has 1 fully saturated rings. The Morgan fingerprint density at radius 2 is 2.19 bits per heavy atom. The molecule has 0 aromatic carbocycles. The molecule has 11 heteroatoms. The van der Waals surface area contributed by atoms with Crippen molar-refractivity contribution in [2.24, 2.45) is 7.05 Å². The normalized spacial score (nSPS) is 17.6. The lowest BCUT2D eigenvalue weighted by Gasteiger charge is -2.22. The quantitative estimate of drug-likeness (QED) is 0.833. The number of carbonyl (C=O) groups is 1. The summed E-state index contributed by atoms with van der Waals surface area (Å²) >= 11 is 0. The van der Waals surface area contributed by atoms with Gasteiger partial charge in [-0.3, -0.25) is 14.2 Å². The molecule has 1 aliphatic rings. The largest absolute Gasteiger partial charge is 0.435 e. The van der Waals surface area contributed by atoms with Gasteiger partial charge in [-0.15, -0.1) is 12.4 Å². The number of carbonyl (C=O) groups excluding carboxylic acids is 1. The van der Waals surface area contributed by atoms with Crippen molar-refractivity contribution in [3.05, 3.63) is 35.4 Å². The van der Waals surface area contributed by atoms with Gasteiger partial charge in [-0.25, -0.2) is 0 Å². The Hall–Kier alpha value is -2.07. The summed E-state index contributed by atoms with van der Waals surface area (Å²) in [6.07, 6.45) is 0.414. The maximum Gasteiger partial charge on any atom is 0.435 e. The van der Waals surface area contributed by atoms with E-state index >= 15 is 0 Å². The topological polar surface area (TPSA) is 76.8 Å². The molecule has 3 heterocycles. The molecule has 2 aromatic rings. The van der Waals surface area contributed by atoms with E-state index in [1.54, 1.807) is 16.9 Å². The Morgan fingerprint density at radius 3 is 2.85 bits per heavy atom. The molecular formula is C15H20ClF3N6O. The van der Waals surface area contributed by atoms with Gasteiger partial charge in [0.25, 0.3) is 5.91 Å². The zero-order valence-corrected chi connectivity index (χ0v) is 14.9. The Labute approximate surface area is 154 Å². The smallest absolute Gasteiger partial charge is 0.346 e. The Kier molecular flexibility index (Phi) is 6.30. The van der Waals surface area contributed by atoms with E-state index in [9.17, 15) is 18.0 Å². The second-order valence-electron chi connectivity index (χ2n) is 6.04. The minimum atomic E-state index is -4.56. The molecule has 144 valence electrons. The molecule has 0 spiro atoms. The maximum atomic E-state index is 12.9. The van der Waals surface area contributed by atoms with Crippen LogP contribution >= 0.6 is 12.4 Å². The number of alkyl halides is 3. The van der Waals surface area contributed by atoms with Gasteiger partial charge < -0.3 is 10.6 Å². The van der Waals surface area contributed by atoms with Crippen LogP contribution in [0, 0.1) is 0 Å². The first-order valence-corrected chi connectivity index (χ1v) is 7.98.